The molecule has 4 heteroatoms. The molecule has 1 saturated carbocycles. The smallest absolute Gasteiger partial charge is 0.206 e. The van der Waals surface area contributed by atoms with Crippen LogP contribution >= 0.6 is 0 Å². The molecule has 1 aliphatic rings. The maximum absolute atomic E-state index is 13.1. The summed E-state index contributed by atoms with van der Waals surface area (Å²) in [5, 5.41) is 0. The first-order valence-corrected chi connectivity index (χ1v) is 4.85. The van der Waals surface area contributed by atoms with E-state index >= 15 is 0 Å². The van der Waals surface area contributed by atoms with Gasteiger partial charge in [-0.2, -0.15) is 13.2 Å². The Morgan fingerprint density at radius 1 is 1.13 bits per heavy atom. The van der Waals surface area contributed by atoms with Gasteiger partial charge in [0.1, 0.15) is 5.82 Å². The molecule has 0 unspecified atom stereocenters. The number of rotatable bonds is 1. The van der Waals surface area contributed by atoms with E-state index in [0.717, 1.165) is 31.4 Å². The summed E-state index contributed by atoms with van der Waals surface area (Å²) in [7, 11) is 0. The normalized spacial score (nSPS) is 17.6. The zero-order valence-electron chi connectivity index (χ0n) is 7.94. The zero-order chi connectivity index (χ0) is 11.1. The fraction of sp³-hybridized carbons (Fsp3) is 0.455. The van der Waals surface area contributed by atoms with Gasteiger partial charge in [-0.05, 0) is 36.5 Å². The molecule has 0 amide bonds. The number of hydrogen-bond donors (Lipinski definition) is 0. The first-order chi connectivity index (χ1) is 6.98. The Morgan fingerprint density at radius 3 is 2.20 bits per heavy atom. The maximum atomic E-state index is 13.1. The molecule has 1 aliphatic carbocycles. The Labute approximate surface area is 84.9 Å². The van der Waals surface area contributed by atoms with Crippen LogP contribution in [0.15, 0.2) is 18.2 Å². The molecule has 0 spiro atoms. The maximum Gasteiger partial charge on any atom is 0.419 e. The van der Waals surface area contributed by atoms with Crippen molar-refractivity contribution in [2.75, 3.05) is 0 Å². The lowest BCUT2D eigenvalue weighted by atomic mass is 9.80. The molecule has 0 aromatic heterocycles. The summed E-state index contributed by atoms with van der Waals surface area (Å²) >= 11 is 0. The summed E-state index contributed by atoms with van der Waals surface area (Å²) in [4.78, 5) is 0. The molecule has 82 valence electrons. The minimum atomic E-state index is -4.60. The minimum Gasteiger partial charge on any atom is -0.206 e. The minimum absolute atomic E-state index is 0.252. The molecule has 0 N–H and O–H groups in total. The van der Waals surface area contributed by atoms with Crippen LogP contribution < -0.4 is 0 Å². The summed E-state index contributed by atoms with van der Waals surface area (Å²) in [5.74, 6) is -0.909. The molecule has 1 aromatic carbocycles. The van der Waals surface area contributed by atoms with Gasteiger partial charge in [0.15, 0.2) is 0 Å². The Bertz CT molecular complexity index is 363. The number of halogens is 4. The molecule has 0 nitrogen and oxygen atoms in total. The quantitative estimate of drug-likeness (QED) is 0.622. The van der Waals surface area contributed by atoms with Crippen LogP contribution in [-0.2, 0) is 6.18 Å². The van der Waals surface area contributed by atoms with Gasteiger partial charge in [0.05, 0.1) is 5.56 Å². The van der Waals surface area contributed by atoms with Crippen molar-refractivity contribution in [3.8, 4) is 0 Å². The van der Waals surface area contributed by atoms with Crippen LogP contribution in [0.25, 0.3) is 0 Å². The van der Waals surface area contributed by atoms with Gasteiger partial charge in [0.2, 0.25) is 0 Å². The van der Waals surface area contributed by atoms with Gasteiger partial charge >= 0.3 is 6.18 Å². The third kappa shape index (κ3) is 1.98. The summed E-state index contributed by atoms with van der Waals surface area (Å²) in [6.07, 6.45) is -1.62. The van der Waals surface area contributed by atoms with E-state index in [1.54, 1.807) is 0 Å². The fourth-order valence-electron chi connectivity index (χ4n) is 1.76. The molecule has 0 bridgehead atoms. The van der Waals surface area contributed by atoms with E-state index in [-0.39, 0.29) is 5.92 Å². The standard InChI is InChI=1S/C11H10F4/c12-10-6-8(7-2-1-3-7)4-5-9(10)11(13,14)15/h4-7H,1-3H2. The van der Waals surface area contributed by atoms with Crippen molar-refractivity contribution < 1.29 is 17.6 Å². The van der Waals surface area contributed by atoms with E-state index < -0.39 is 17.6 Å². The van der Waals surface area contributed by atoms with Crippen molar-refractivity contribution in [3.05, 3.63) is 35.1 Å². The van der Waals surface area contributed by atoms with E-state index in [1.807, 2.05) is 0 Å². The lowest BCUT2D eigenvalue weighted by Crippen LogP contribution is -2.12. The molecule has 1 fully saturated rings. The summed E-state index contributed by atoms with van der Waals surface area (Å²) < 4.78 is 49.9. The van der Waals surface area contributed by atoms with E-state index in [9.17, 15) is 17.6 Å². The molecule has 0 radical (unpaired) electrons. The van der Waals surface area contributed by atoms with Crippen LogP contribution in [0.5, 0.6) is 0 Å². The predicted molar refractivity (Wildman–Crippen MR) is 48.0 cm³/mol. The largest absolute Gasteiger partial charge is 0.419 e. The van der Waals surface area contributed by atoms with Gasteiger partial charge < -0.3 is 0 Å². The van der Waals surface area contributed by atoms with Gasteiger partial charge in [-0.1, -0.05) is 12.5 Å². The number of hydrogen-bond acceptors (Lipinski definition) is 0. The van der Waals surface area contributed by atoms with Crippen LogP contribution in [0.1, 0.15) is 36.3 Å². The average molecular weight is 218 g/mol. The van der Waals surface area contributed by atoms with Crippen LogP contribution in [0.4, 0.5) is 17.6 Å². The first-order valence-electron chi connectivity index (χ1n) is 4.85. The molecule has 0 atom stereocenters. The van der Waals surface area contributed by atoms with Crippen molar-refractivity contribution in [1.29, 1.82) is 0 Å². The molecule has 0 heterocycles. The molecular formula is C11H10F4. The molecule has 0 saturated heterocycles. The molecule has 15 heavy (non-hydrogen) atoms. The topological polar surface area (TPSA) is 0 Å². The second-order valence-electron chi connectivity index (χ2n) is 3.86. The van der Waals surface area contributed by atoms with Crippen molar-refractivity contribution in [2.24, 2.45) is 0 Å². The summed E-state index contributed by atoms with van der Waals surface area (Å²) in [6.45, 7) is 0. The van der Waals surface area contributed by atoms with Crippen molar-refractivity contribution in [2.45, 2.75) is 31.4 Å². The van der Waals surface area contributed by atoms with Crippen LogP contribution in [-0.4, -0.2) is 0 Å². The SMILES string of the molecule is Fc1cc(C2CCC2)ccc1C(F)(F)F. The van der Waals surface area contributed by atoms with E-state index in [2.05, 4.69) is 0 Å². The number of benzene rings is 1. The van der Waals surface area contributed by atoms with E-state index in [0.29, 0.717) is 5.56 Å². The van der Waals surface area contributed by atoms with Crippen molar-refractivity contribution in [1.82, 2.24) is 0 Å². The molecule has 2 rings (SSSR count). The van der Waals surface area contributed by atoms with Crippen LogP contribution in [0, 0.1) is 5.82 Å². The van der Waals surface area contributed by atoms with Gasteiger partial charge in [0, 0.05) is 0 Å². The van der Waals surface area contributed by atoms with Crippen LogP contribution in [0.2, 0.25) is 0 Å². The Morgan fingerprint density at radius 2 is 1.80 bits per heavy atom. The predicted octanol–water partition coefficient (Wildman–Crippen LogP) is 4.11. The Balaban J connectivity index is 2.30. The molecular weight excluding hydrogens is 208 g/mol. The van der Waals surface area contributed by atoms with Gasteiger partial charge in [-0.25, -0.2) is 4.39 Å². The Hall–Kier alpha value is -1.06. The highest BCUT2D eigenvalue weighted by Crippen LogP contribution is 2.38. The van der Waals surface area contributed by atoms with Gasteiger partial charge in [-0.3, -0.25) is 0 Å². The highest BCUT2D eigenvalue weighted by molar-refractivity contribution is 5.29. The summed E-state index contributed by atoms with van der Waals surface area (Å²) in [6, 6.07) is 3.24. The zero-order valence-corrected chi connectivity index (χ0v) is 7.94. The third-order valence-corrected chi connectivity index (χ3v) is 2.88. The number of alkyl halides is 3. The van der Waals surface area contributed by atoms with Gasteiger partial charge in [-0.15, -0.1) is 0 Å². The highest BCUT2D eigenvalue weighted by Gasteiger charge is 2.34. The third-order valence-electron chi connectivity index (χ3n) is 2.88. The monoisotopic (exact) mass is 218 g/mol. The van der Waals surface area contributed by atoms with Crippen molar-refractivity contribution in [3.63, 3.8) is 0 Å². The lowest BCUT2D eigenvalue weighted by molar-refractivity contribution is -0.140. The van der Waals surface area contributed by atoms with E-state index in [4.69, 9.17) is 0 Å². The fourth-order valence-corrected chi connectivity index (χ4v) is 1.76. The molecule has 1 aromatic rings. The highest BCUT2D eigenvalue weighted by atomic mass is 19.4. The lowest BCUT2D eigenvalue weighted by Gasteiger charge is -2.26. The Kier molecular flexibility index (Phi) is 2.44. The second kappa shape index (κ2) is 3.51. The average Bonchev–Trinajstić information content (AvgIpc) is 1.97. The van der Waals surface area contributed by atoms with E-state index in [1.165, 1.54) is 6.07 Å². The van der Waals surface area contributed by atoms with Crippen molar-refractivity contribution >= 4 is 0 Å². The van der Waals surface area contributed by atoms with Gasteiger partial charge in [0.25, 0.3) is 0 Å². The first kappa shape index (κ1) is 10.5. The molecule has 0 aliphatic heterocycles. The van der Waals surface area contributed by atoms with Crippen LogP contribution in [0.3, 0.4) is 0 Å². The summed E-state index contributed by atoms with van der Waals surface area (Å²) in [5.41, 5.74) is -0.489. The second-order valence-corrected chi connectivity index (χ2v) is 3.86.